The molecule has 1 saturated heterocycles. The van der Waals surface area contributed by atoms with Gasteiger partial charge < -0.3 is 14.7 Å². The predicted molar refractivity (Wildman–Crippen MR) is 150 cm³/mol. The second kappa shape index (κ2) is 10.6. The average molecular weight is 520 g/mol. The molecule has 1 N–H and O–H groups in total. The number of ketones is 1. The molecule has 1 fully saturated rings. The maximum absolute atomic E-state index is 13.4. The molecule has 0 bridgehead atoms. The lowest BCUT2D eigenvalue weighted by Gasteiger charge is -2.26. The molecule has 1 atom stereocenters. The molecule has 0 aromatic heterocycles. The van der Waals surface area contributed by atoms with E-state index in [0.29, 0.717) is 11.1 Å². The minimum absolute atomic E-state index is 0.0537. The van der Waals surface area contributed by atoms with E-state index in [2.05, 4.69) is 0 Å². The Bertz CT molecular complexity index is 1620. The summed E-state index contributed by atoms with van der Waals surface area (Å²) in [4.78, 5) is 40.5. The van der Waals surface area contributed by atoms with Gasteiger partial charge >= 0.3 is 5.97 Å². The fourth-order valence-corrected chi connectivity index (χ4v) is 4.95. The number of benzene rings is 4. The number of hydrogen-bond donors (Lipinski definition) is 1. The first-order valence-corrected chi connectivity index (χ1v) is 12.9. The molecular formula is C33H29NO5. The highest BCUT2D eigenvalue weighted by molar-refractivity contribution is 6.46. The lowest BCUT2D eigenvalue weighted by atomic mass is 9.93. The van der Waals surface area contributed by atoms with Gasteiger partial charge in [0, 0.05) is 12.1 Å². The number of aryl methyl sites for hydroxylation is 1. The van der Waals surface area contributed by atoms with Crippen molar-refractivity contribution in [2.75, 3.05) is 0 Å². The molecule has 39 heavy (non-hydrogen) atoms. The molecule has 1 amide bonds. The summed E-state index contributed by atoms with van der Waals surface area (Å²) in [6, 6.07) is 26.8. The SMILES string of the molecule is Cc1cccc(C2/C(=C(/O)c3ccc4ccccc4c3)C(=O)C(=O)N2Cc2ccc(C(=O)OC(C)C)cc2)c1. The van der Waals surface area contributed by atoms with Crippen LogP contribution in [0, 0.1) is 6.92 Å². The van der Waals surface area contributed by atoms with Gasteiger partial charge in [0.05, 0.1) is 23.3 Å². The highest BCUT2D eigenvalue weighted by Gasteiger charge is 2.46. The molecule has 5 rings (SSSR count). The lowest BCUT2D eigenvalue weighted by Crippen LogP contribution is -2.29. The summed E-state index contributed by atoms with van der Waals surface area (Å²) in [5, 5.41) is 13.4. The van der Waals surface area contributed by atoms with Crippen molar-refractivity contribution in [2.45, 2.75) is 39.5 Å². The second-order valence-corrected chi connectivity index (χ2v) is 10.1. The molecule has 1 heterocycles. The van der Waals surface area contributed by atoms with Crippen LogP contribution in [-0.4, -0.2) is 33.8 Å². The predicted octanol–water partition coefficient (Wildman–Crippen LogP) is 6.34. The van der Waals surface area contributed by atoms with E-state index in [1.165, 1.54) is 4.90 Å². The maximum Gasteiger partial charge on any atom is 0.338 e. The second-order valence-electron chi connectivity index (χ2n) is 10.1. The number of esters is 1. The highest BCUT2D eigenvalue weighted by atomic mass is 16.5. The molecule has 1 aliphatic heterocycles. The summed E-state index contributed by atoms with van der Waals surface area (Å²) in [5.74, 6) is -2.05. The van der Waals surface area contributed by atoms with E-state index in [4.69, 9.17) is 4.74 Å². The standard InChI is InChI=1S/C33H29NO5/c1-20(2)39-33(38)24-13-11-22(12-14-24)19-34-29(26-10-6-7-21(3)17-26)28(31(36)32(34)37)30(35)27-16-15-23-8-4-5-9-25(23)18-27/h4-18,20,29,35H,19H2,1-3H3/b30-28-. The average Bonchev–Trinajstić information content (AvgIpc) is 3.17. The van der Waals surface area contributed by atoms with Crippen molar-refractivity contribution in [3.05, 3.63) is 124 Å². The third-order valence-corrected chi connectivity index (χ3v) is 6.81. The van der Waals surface area contributed by atoms with Crippen LogP contribution in [0.25, 0.3) is 16.5 Å². The summed E-state index contributed by atoms with van der Waals surface area (Å²) < 4.78 is 5.25. The van der Waals surface area contributed by atoms with Crippen LogP contribution in [0.5, 0.6) is 0 Å². The number of carbonyl (C=O) groups excluding carboxylic acids is 3. The Morgan fingerprint density at radius 2 is 1.56 bits per heavy atom. The van der Waals surface area contributed by atoms with Gasteiger partial charge in [-0.05, 0) is 60.9 Å². The third kappa shape index (κ3) is 5.18. The number of rotatable bonds is 6. The lowest BCUT2D eigenvalue weighted by molar-refractivity contribution is -0.140. The van der Waals surface area contributed by atoms with Crippen molar-refractivity contribution in [3.63, 3.8) is 0 Å². The van der Waals surface area contributed by atoms with Gasteiger partial charge in [-0.15, -0.1) is 0 Å². The number of Topliss-reactive ketones (excluding diaryl/α,β-unsaturated/α-hetero) is 1. The smallest absolute Gasteiger partial charge is 0.338 e. The Hall–Kier alpha value is -4.71. The van der Waals surface area contributed by atoms with Crippen molar-refractivity contribution in [1.29, 1.82) is 0 Å². The molecule has 4 aromatic carbocycles. The molecule has 0 saturated carbocycles. The number of aliphatic hydroxyl groups is 1. The molecule has 0 spiro atoms. The van der Waals surface area contributed by atoms with E-state index in [-0.39, 0.29) is 24.0 Å². The van der Waals surface area contributed by atoms with Gasteiger partial charge in [0.2, 0.25) is 0 Å². The van der Waals surface area contributed by atoms with Gasteiger partial charge in [0.15, 0.2) is 0 Å². The van der Waals surface area contributed by atoms with E-state index < -0.39 is 23.7 Å². The first-order valence-electron chi connectivity index (χ1n) is 12.9. The number of amides is 1. The number of nitrogens with zero attached hydrogens (tertiary/aromatic N) is 1. The molecule has 4 aromatic rings. The monoisotopic (exact) mass is 519 g/mol. The van der Waals surface area contributed by atoms with Gasteiger partial charge in [-0.2, -0.15) is 0 Å². The Kier molecular flexibility index (Phi) is 7.03. The van der Waals surface area contributed by atoms with Gasteiger partial charge in [-0.3, -0.25) is 9.59 Å². The Labute approximate surface area is 227 Å². The highest BCUT2D eigenvalue weighted by Crippen LogP contribution is 2.40. The van der Waals surface area contributed by atoms with Crippen LogP contribution in [0.1, 0.15) is 52.5 Å². The molecule has 6 heteroatoms. The number of hydrogen-bond acceptors (Lipinski definition) is 5. The normalized spacial score (nSPS) is 16.7. The zero-order valence-corrected chi connectivity index (χ0v) is 22.0. The molecule has 0 radical (unpaired) electrons. The van der Waals surface area contributed by atoms with Crippen molar-refractivity contribution < 1.29 is 24.2 Å². The van der Waals surface area contributed by atoms with Crippen LogP contribution in [-0.2, 0) is 20.9 Å². The van der Waals surface area contributed by atoms with Gasteiger partial charge in [0.25, 0.3) is 11.7 Å². The van der Waals surface area contributed by atoms with Crippen molar-refractivity contribution in [3.8, 4) is 0 Å². The van der Waals surface area contributed by atoms with Crippen LogP contribution in [0.2, 0.25) is 0 Å². The van der Waals surface area contributed by atoms with Gasteiger partial charge in [-0.25, -0.2) is 4.79 Å². The summed E-state index contributed by atoms with van der Waals surface area (Å²) in [7, 11) is 0. The molecular weight excluding hydrogens is 490 g/mol. The van der Waals surface area contributed by atoms with E-state index >= 15 is 0 Å². The van der Waals surface area contributed by atoms with E-state index in [1.54, 1.807) is 44.2 Å². The van der Waals surface area contributed by atoms with E-state index in [9.17, 15) is 19.5 Å². The zero-order valence-electron chi connectivity index (χ0n) is 22.0. The topological polar surface area (TPSA) is 83.9 Å². The molecule has 1 aliphatic rings. The third-order valence-electron chi connectivity index (χ3n) is 6.81. The van der Waals surface area contributed by atoms with Gasteiger partial charge in [0.1, 0.15) is 5.76 Å². The zero-order chi connectivity index (χ0) is 27.7. The van der Waals surface area contributed by atoms with Crippen LogP contribution in [0.3, 0.4) is 0 Å². The number of carbonyl (C=O) groups is 3. The quantitative estimate of drug-likeness (QED) is 0.139. The van der Waals surface area contributed by atoms with Crippen molar-refractivity contribution >= 4 is 34.2 Å². The Morgan fingerprint density at radius 3 is 2.26 bits per heavy atom. The Balaban J connectivity index is 1.56. The summed E-state index contributed by atoms with van der Waals surface area (Å²) in [5.41, 5.74) is 3.36. The molecule has 1 unspecified atom stereocenters. The number of likely N-dealkylation sites (tertiary alicyclic amines) is 1. The van der Waals surface area contributed by atoms with Crippen LogP contribution in [0.4, 0.5) is 0 Å². The largest absolute Gasteiger partial charge is 0.507 e. The van der Waals surface area contributed by atoms with Crippen LogP contribution in [0.15, 0.2) is 96.6 Å². The number of ether oxygens (including phenoxy) is 1. The fraction of sp³-hybridized carbons (Fsp3) is 0.182. The summed E-state index contributed by atoms with van der Waals surface area (Å²) >= 11 is 0. The van der Waals surface area contributed by atoms with Crippen molar-refractivity contribution in [1.82, 2.24) is 4.90 Å². The summed E-state index contributed by atoms with van der Waals surface area (Å²) in [6.07, 6.45) is -0.235. The Morgan fingerprint density at radius 1 is 0.872 bits per heavy atom. The first-order chi connectivity index (χ1) is 18.7. The van der Waals surface area contributed by atoms with Crippen molar-refractivity contribution in [2.24, 2.45) is 0 Å². The maximum atomic E-state index is 13.4. The fourth-order valence-electron chi connectivity index (χ4n) is 4.95. The van der Waals surface area contributed by atoms with Gasteiger partial charge in [-0.1, -0.05) is 78.4 Å². The molecule has 196 valence electrons. The minimum atomic E-state index is -0.776. The summed E-state index contributed by atoms with van der Waals surface area (Å²) in [6.45, 7) is 5.63. The first kappa shape index (κ1) is 25.9. The molecule has 6 nitrogen and oxygen atoms in total. The van der Waals surface area contributed by atoms with Crippen LogP contribution >= 0.6 is 0 Å². The number of fused-ring (bicyclic) bond motifs is 1. The van der Waals surface area contributed by atoms with E-state index in [0.717, 1.165) is 27.5 Å². The molecule has 0 aliphatic carbocycles. The van der Waals surface area contributed by atoms with E-state index in [1.807, 2.05) is 67.6 Å². The van der Waals surface area contributed by atoms with Crippen LogP contribution < -0.4 is 0 Å². The number of aliphatic hydroxyl groups excluding tert-OH is 1. The minimum Gasteiger partial charge on any atom is -0.507 e.